The minimum atomic E-state index is -3.35. The molecule has 0 spiro atoms. The molecule has 0 aliphatic carbocycles. The maximum absolute atomic E-state index is 12.8. The number of piperidine rings is 1. The number of rotatable bonds is 7. The summed E-state index contributed by atoms with van der Waals surface area (Å²) < 4.78 is 27.1. The van der Waals surface area contributed by atoms with Crippen molar-refractivity contribution in [3.63, 3.8) is 0 Å². The summed E-state index contributed by atoms with van der Waals surface area (Å²) >= 11 is 0. The molecule has 1 saturated heterocycles. The number of hydrogen-bond donors (Lipinski definition) is 1. The zero-order valence-electron chi connectivity index (χ0n) is 17.2. The number of anilines is 1. The predicted octanol–water partition coefficient (Wildman–Crippen LogP) is 3.92. The van der Waals surface area contributed by atoms with Crippen molar-refractivity contribution in [3.05, 3.63) is 65.2 Å². The normalized spacial score (nSPS) is 17.8. The van der Waals surface area contributed by atoms with E-state index in [-0.39, 0.29) is 24.1 Å². The molecule has 0 saturated carbocycles. The Morgan fingerprint density at radius 2 is 1.90 bits per heavy atom. The monoisotopic (exact) mass is 414 g/mol. The van der Waals surface area contributed by atoms with E-state index in [1.165, 1.54) is 4.31 Å². The molecule has 0 bridgehead atoms. The number of nitrogens with zero attached hydrogens (tertiary/aromatic N) is 1. The van der Waals surface area contributed by atoms with Crippen LogP contribution in [0.5, 0.6) is 0 Å². The highest BCUT2D eigenvalue weighted by molar-refractivity contribution is 7.89. The zero-order valence-corrected chi connectivity index (χ0v) is 18.0. The van der Waals surface area contributed by atoms with Gasteiger partial charge in [-0.05, 0) is 56.7 Å². The van der Waals surface area contributed by atoms with Gasteiger partial charge in [0.15, 0.2) is 0 Å². The molecule has 6 heteroatoms. The van der Waals surface area contributed by atoms with Crippen LogP contribution in [-0.2, 0) is 21.2 Å². The molecular weight excluding hydrogens is 384 g/mol. The van der Waals surface area contributed by atoms with Crippen LogP contribution >= 0.6 is 0 Å². The van der Waals surface area contributed by atoms with Gasteiger partial charge in [-0.15, -0.1) is 0 Å². The number of amides is 1. The molecule has 1 heterocycles. The highest BCUT2D eigenvalue weighted by Crippen LogP contribution is 2.23. The third-order valence-corrected chi connectivity index (χ3v) is 7.42. The second-order valence-electron chi connectivity index (χ2n) is 7.91. The van der Waals surface area contributed by atoms with Gasteiger partial charge in [0.2, 0.25) is 15.9 Å². The van der Waals surface area contributed by atoms with E-state index < -0.39 is 10.0 Å². The molecule has 3 rings (SSSR count). The zero-order chi connectivity index (χ0) is 20.9. The fourth-order valence-corrected chi connectivity index (χ4v) is 5.41. The van der Waals surface area contributed by atoms with Crippen molar-refractivity contribution in [2.45, 2.75) is 39.5 Å². The minimum Gasteiger partial charge on any atom is -0.326 e. The van der Waals surface area contributed by atoms with Gasteiger partial charge in [-0.1, -0.05) is 48.0 Å². The van der Waals surface area contributed by atoms with Gasteiger partial charge in [-0.25, -0.2) is 12.7 Å². The average molecular weight is 415 g/mol. The molecule has 1 atom stereocenters. The van der Waals surface area contributed by atoms with Gasteiger partial charge in [0.1, 0.15) is 0 Å². The Morgan fingerprint density at radius 1 is 1.14 bits per heavy atom. The Labute approximate surface area is 174 Å². The first-order valence-electron chi connectivity index (χ1n) is 10.2. The number of nitrogens with one attached hydrogen (secondary N) is 1. The average Bonchev–Trinajstić information content (AvgIpc) is 2.71. The number of carbonyl (C=O) groups excluding carboxylic acids is 1. The molecule has 0 aromatic heterocycles. The fraction of sp³-hybridized carbons (Fsp3) is 0.435. The summed E-state index contributed by atoms with van der Waals surface area (Å²) in [5.74, 6) is -0.290. The Balaban J connectivity index is 1.56. The Hall–Kier alpha value is -2.18. The molecule has 5 nitrogen and oxygen atoms in total. The summed E-state index contributed by atoms with van der Waals surface area (Å²) in [5, 5.41) is 2.98. The quantitative estimate of drug-likeness (QED) is 0.747. The highest BCUT2D eigenvalue weighted by Gasteiger charge is 2.32. The topological polar surface area (TPSA) is 66.5 Å². The van der Waals surface area contributed by atoms with Gasteiger partial charge in [0.25, 0.3) is 0 Å². The van der Waals surface area contributed by atoms with Crippen LogP contribution in [0.2, 0.25) is 0 Å². The molecule has 0 radical (unpaired) electrons. The Morgan fingerprint density at radius 3 is 2.62 bits per heavy atom. The van der Waals surface area contributed by atoms with E-state index in [2.05, 4.69) is 5.32 Å². The summed E-state index contributed by atoms with van der Waals surface area (Å²) in [4.78, 5) is 12.7. The SMILES string of the molecule is Cc1ccc(NC(=O)[C@H]2CCCN(S(=O)(=O)CCCc3ccccc3)C2)c(C)c1. The second-order valence-corrected chi connectivity index (χ2v) is 10.00. The lowest BCUT2D eigenvalue weighted by atomic mass is 9.98. The maximum atomic E-state index is 12.8. The number of benzene rings is 2. The number of sulfonamides is 1. The van der Waals surface area contributed by atoms with Crippen LogP contribution in [0.1, 0.15) is 36.0 Å². The van der Waals surface area contributed by atoms with E-state index in [9.17, 15) is 13.2 Å². The second kappa shape index (κ2) is 9.55. The number of carbonyl (C=O) groups is 1. The highest BCUT2D eigenvalue weighted by atomic mass is 32.2. The Kier molecular flexibility index (Phi) is 7.09. The largest absolute Gasteiger partial charge is 0.326 e. The van der Waals surface area contributed by atoms with Crippen molar-refractivity contribution in [1.82, 2.24) is 4.31 Å². The lowest BCUT2D eigenvalue weighted by Crippen LogP contribution is -2.44. The van der Waals surface area contributed by atoms with Crippen molar-refractivity contribution in [3.8, 4) is 0 Å². The molecule has 1 fully saturated rings. The summed E-state index contributed by atoms with van der Waals surface area (Å²) in [6.45, 7) is 4.75. The van der Waals surface area contributed by atoms with Crippen LogP contribution in [0.15, 0.2) is 48.5 Å². The molecule has 29 heavy (non-hydrogen) atoms. The van der Waals surface area contributed by atoms with Crippen LogP contribution in [0.4, 0.5) is 5.69 Å². The van der Waals surface area contributed by atoms with Crippen molar-refractivity contribution in [2.24, 2.45) is 5.92 Å². The third-order valence-electron chi connectivity index (χ3n) is 5.50. The van der Waals surface area contributed by atoms with Gasteiger partial charge < -0.3 is 5.32 Å². The molecule has 0 unspecified atom stereocenters. The number of aryl methyl sites for hydroxylation is 3. The van der Waals surface area contributed by atoms with E-state index in [1.807, 2.05) is 62.4 Å². The van der Waals surface area contributed by atoms with Crippen LogP contribution in [-0.4, -0.2) is 37.5 Å². The smallest absolute Gasteiger partial charge is 0.228 e. The van der Waals surface area contributed by atoms with E-state index in [1.54, 1.807) is 0 Å². The van der Waals surface area contributed by atoms with E-state index in [0.29, 0.717) is 25.8 Å². The van der Waals surface area contributed by atoms with Crippen molar-refractivity contribution in [2.75, 3.05) is 24.2 Å². The minimum absolute atomic E-state index is 0.0962. The van der Waals surface area contributed by atoms with Crippen molar-refractivity contribution in [1.29, 1.82) is 0 Å². The van der Waals surface area contributed by atoms with Crippen molar-refractivity contribution >= 4 is 21.6 Å². The molecule has 156 valence electrons. The lowest BCUT2D eigenvalue weighted by Gasteiger charge is -2.31. The lowest BCUT2D eigenvalue weighted by molar-refractivity contribution is -0.120. The van der Waals surface area contributed by atoms with Crippen molar-refractivity contribution < 1.29 is 13.2 Å². The molecule has 2 aromatic rings. The Bertz CT molecular complexity index is 942. The van der Waals surface area contributed by atoms with Gasteiger partial charge in [0, 0.05) is 18.8 Å². The molecule has 2 aromatic carbocycles. The van der Waals surface area contributed by atoms with Gasteiger partial charge in [-0.2, -0.15) is 0 Å². The van der Waals surface area contributed by atoms with Gasteiger partial charge in [-0.3, -0.25) is 4.79 Å². The summed E-state index contributed by atoms with van der Waals surface area (Å²) in [6.07, 6.45) is 2.75. The van der Waals surface area contributed by atoms with Crippen LogP contribution in [0.3, 0.4) is 0 Å². The maximum Gasteiger partial charge on any atom is 0.228 e. The number of hydrogen-bond acceptors (Lipinski definition) is 3. The fourth-order valence-electron chi connectivity index (χ4n) is 3.83. The molecule has 1 aliphatic heterocycles. The van der Waals surface area contributed by atoms with Gasteiger partial charge >= 0.3 is 0 Å². The van der Waals surface area contributed by atoms with Crippen LogP contribution in [0, 0.1) is 19.8 Å². The standard InChI is InChI=1S/C23H30N2O3S/c1-18-12-13-22(19(2)16-18)24-23(26)21-11-6-14-25(17-21)29(27,28)15-7-10-20-8-4-3-5-9-20/h3-5,8-9,12-13,16,21H,6-7,10-11,14-15,17H2,1-2H3,(H,24,26)/t21-/m0/s1. The molecule has 1 amide bonds. The summed E-state index contributed by atoms with van der Waals surface area (Å²) in [7, 11) is -3.35. The first kappa shape index (κ1) is 21.5. The van der Waals surface area contributed by atoms with Crippen LogP contribution in [0.25, 0.3) is 0 Å². The summed E-state index contributed by atoms with van der Waals surface area (Å²) in [6, 6.07) is 15.8. The van der Waals surface area contributed by atoms with E-state index in [4.69, 9.17) is 0 Å². The summed E-state index contributed by atoms with van der Waals surface area (Å²) in [5.41, 5.74) is 4.10. The molecular formula is C23H30N2O3S. The van der Waals surface area contributed by atoms with E-state index >= 15 is 0 Å². The molecule has 1 aliphatic rings. The van der Waals surface area contributed by atoms with Gasteiger partial charge in [0.05, 0.1) is 11.7 Å². The first-order chi connectivity index (χ1) is 13.8. The predicted molar refractivity (Wildman–Crippen MR) is 117 cm³/mol. The third kappa shape index (κ3) is 5.90. The molecule has 1 N–H and O–H groups in total. The van der Waals surface area contributed by atoms with E-state index in [0.717, 1.165) is 28.8 Å². The first-order valence-corrected chi connectivity index (χ1v) is 11.9. The van der Waals surface area contributed by atoms with Crippen LogP contribution < -0.4 is 5.32 Å².